The number of aryl methyl sites for hydroxylation is 4. The van der Waals surface area contributed by atoms with Gasteiger partial charge < -0.3 is 21.3 Å². The van der Waals surface area contributed by atoms with E-state index in [1.165, 1.54) is 133 Å². The molecule has 0 aliphatic heterocycles. The number of hydrogen-bond acceptors (Lipinski definition) is 8. The lowest BCUT2D eigenvalue weighted by molar-refractivity contribution is 0.628. The lowest BCUT2D eigenvalue weighted by Crippen LogP contribution is -2.17. The summed E-state index contributed by atoms with van der Waals surface area (Å²) < 4.78 is 13.7. The molecule has 4 N–H and O–H groups in total. The Hall–Kier alpha value is -16.5. The van der Waals surface area contributed by atoms with Crippen LogP contribution in [0.25, 0.3) is 99.2 Å². The van der Waals surface area contributed by atoms with Gasteiger partial charge >= 0.3 is 0 Å². The summed E-state index contributed by atoms with van der Waals surface area (Å²) in [7, 11) is 0. The van der Waals surface area contributed by atoms with E-state index in [9.17, 15) is 4.39 Å². The van der Waals surface area contributed by atoms with Gasteiger partial charge in [-0.05, 0) is 257 Å². The van der Waals surface area contributed by atoms with Gasteiger partial charge in [0.05, 0.1) is 69.7 Å². The van der Waals surface area contributed by atoms with E-state index >= 15 is 0 Å². The summed E-state index contributed by atoms with van der Waals surface area (Å²) in [5.41, 5.74) is 31.7. The van der Waals surface area contributed by atoms with E-state index in [0.717, 1.165) is 105 Å². The van der Waals surface area contributed by atoms with Crippen LogP contribution in [0.4, 0.5) is 27.1 Å². The summed E-state index contributed by atoms with van der Waals surface area (Å²) >= 11 is 0. The quantitative estimate of drug-likeness (QED) is 0.0378. The molecule has 0 aliphatic rings. The van der Waals surface area contributed by atoms with Crippen LogP contribution in [-0.2, 0) is 25.7 Å². The van der Waals surface area contributed by atoms with Gasteiger partial charge in [0.25, 0.3) is 0 Å². The highest BCUT2D eigenvalue weighted by molar-refractivity contribution is 6.10. The molecule has 0 bridgehead atoms. The van der Waals surface area contributed by atoms with Gasteiger partial charge in [0, 0.05) is 45.0 Å². The molecule has 21 rings (SSSR count). The molecule has 0 amide bonds. The zero-order chi connectivity index (χ0) is 96.8. The van der Waals surface area contributed by atoms with Crippen LogP contribution >= 0.6 is 0 Å². The van der Waals surface area contributed by atoms with E-state index in [0.29, 0.717) is 11.8 Å². The van der Waals surface area contributed by atoms with Crippen molar-refractivity contribution >= 4 is 65.8 Å². The Labute approximate surface area is 830 Å². The van der Waals surface area contributed by atoms with Crippen molar-refractivity contribution in [3.05, 3.63) is 551 Å². The highest BCUT2D eigenvalue weighted by atomic mass is 19.1. The maximum absolute atomic E-state index is 13.7. The summed E-state index contributed by atoms with van der Waals surface area (Å²) in [5.74, 6) is 0.779. The van der Waals surface area contributed by atoms with E-state index < -0.39 is 0 Å². The van der Waals surface area contributed by atoms with E-state index in [1.54, 1.807) is 12.1 Å². The number of benzene rings is 17. The fourth-order valence-corrected chi connectivity index (χ4v) is 19.1. The molecule has 0 saturated heterocycles. The fourth-order valence-electron chi connectivity index (χ4n) is 19.1. The Balaban J connectivity index is 0.000000125. The molecule has 4 unspecified atom stereocenters. The maximum atomic E-state index is 13.7. The standard InChI is InChI=1S/C36H31FN2.C36H32N2.C33H30N2.C27H26N2/c1-3-24-12-9-13-25(4-2)35(24)39-36(34-18-10-17-33(38-34)26-19-21-28(37)22-20-26)32-23-27-11-5-6-14-29(27)30-15-7-8-16-31(30)32;1-3-25-17-12-18-26(4-2)35(25)38-36(34-23-13-22-33(37-34)27-14-6-5-7-15-27)32-24-28-16-8-9-19-29(28)30-20-10-11-21-31(30)32;1-24(2)25-20-22-28(23-21-25)34-33(30-17-10-9-16-29(30)26-12-5-3-6-13-26)32-19-11-18-31(35-32)27-14-7-4-8-15-27;1-20(2)21-16-18-24(19-17-21)28-27(23-12-7-4-8-13-23)26-15-9-14-25(29-26)22-10-5-3-6-11-22/h5-23,36,39H,3-4H2,1-2H3;5-24,36,38H,3-4H2,1-2H3;3-24,33-34H,1-2H3;3-20,27-28H,1-2H3. The number of halogens is 1. The smallest absolute Gasteiger partial charge is 0.123 e. The van der Waals surface area contributed by atoms with Crippen molar-refractivity contribution in [1.29, 1.82) is 0 Å². The van der Waals surface area contributed by atoms with Crippen molar-refractivity contribution < 1.29 is 4.39 Å². The van der Waals surface area contributed by atoms with Gasteiger partial charge in [0.2, 0.25) is 0 Å². The largest absolute Gasteiger partial charge is 0.373 e. The summed E-state index contributed by atoms with van der Waals surface area (Å²) in [6.45, 7) is 17.7. The lowest BCUT2D eigenvalue weighted by Gasteiger charge is -2.26. The van der Waals surface area contributed by atoms with Crippen molar-refractivity contribution in [1.82, 2.24) is 19.9 Å². The SMILES string of the molecule is CC(C)c1ccc(NC(c2cccc(-c3ccccc3)n2)c2ccccc2-c2ccccc2)cc1.CC(C)c1ccc(NC(c2ccccc2)c2cccc(-c3ccccc3)n2)cc1.CCc1cccc(CC)c1NC(c1cccc(-c2ccc(F)cc2)n1)c1cc2ccccc2c2ccccc12.CCc1cccc(CC)c1NC(c1cccc(-c2ccccc2)n1)c1cc2ccccc2c2ccccc12. The highest BCUT2D eigenvalue weighted by Gasteiger charge is 2.28. The van der Waals surface area contributed by atoms with E-state index in [2.05, 4.69) is 471 Å². The highest BCUT2D eigenvalue weighted by Crippen LogP contribution is 2.43. The summed E-state index contributed by atoms with van der Waals surface area (Å²) in [5, 5.41) is 25.4. The molecule has 21 aromatic rings. The Kier molecular flexibility index (Phi) is 30.7. The first kappa shape index (κ1) is 94.8. The number of rotatable bonds is 27. The van der Waals surface area contributed by atoms with Crippen molar-refractivity contribution in [3.63, 3.8) is 0 Å². The normalized spacial score (nSPS) is 12.0. The van der Waals surface area contributed by atoms with Crippen molar-refractivity contribution in [2.75, 3.05) is 21.3 Å². The molecule has 0 fully saturated rings. The van der Waals surface area contributed by atoms with Crippen molar-refractivity contribution in [3.8, 4) is 56.2 Å². The molecule has 4 heterocycles. The van der Waals surface area contributed by atoms with Gasteiger partial charge in [-0.15, -0.1) is 0 Å². The van der Waals surface area contributed by atoms with Crippen LogP contribution in [0, 0.1) is 5.82 Å². The second-order valence-electron chi connectivity index (χ2n) is 36.4. The number of aromatic nitrogens is 4. The van der Waals surface area contributed by atoms with Gasteiger partial charge in [-0.3, -0.25) is 19.9 Å². The summed E-state index contributed by atoms with van der Waals surface area (Å²) in [6, 6.07) is 162. The molecule has 0 aliphatic carbocycles. The first-order valence-corrected chi connectivity index (χ1v) is 49.6. The molecule has 141 heavy (non-hydrogen) atoms. The van der Waals surface area contributed by atoms with Gasteiger partial charge in [-0.1, -0.05) is 413 Å². The minimum Gasteiger partial charge on any atom is -0.373 e. The molecule has 0 saturated carbocycles. The van der Waals surface area contributed by atoms with Gasteiger partial charge in [0.1, 0.15) is 5.82 Å². The number of anilines is 4. The molecule has 9 heteroatoms. The third-order valence-corrected chi connectivity index (χ3v) is 26.7. The Morgan fingerprint density at radius 3 is 0.879 bits per heavy atom. The van der Waals surface area contributed by atoms with Crippen LogP contribution < -0.4 is 21.3 Å². The molecule has 4 aromatic heterocycles. The summed E-state index contributed by atoms with van der Waals surface area (Å²) in [6.07, 6.45) is 3.81. The van der Waals surface area contributed by atoms with Crippen LogP contribution in [0.5, 0.6) is 0 Å². The Morgan fingerprint density at radius 2 is 0.511 bits per heavy atom. The Morgan fingerprint density at radius 1 is 0.220 bits per heavy atom. The van der Waals surface area contributed by atoms with E-state index in [4.69, 9.17) is 19.9 Å². The molecule has 0 radical (unpaired) electrons. The predicted octanol–water partition coefficient (Wildman–Crippen LogP) is 34.7. The zero-order valence-electron chi connectivity index (χ0n) is 81.4. The topological polar surface area (TPSA) is 99.7 Å². The van der Waals surface area contributed by atoms with Crippen LogP contribution in [0.1, 0.15) is 170 Å². The van der Waals surface area contributed by atoms with Gasteiger partial charge in [-0.2, -0.15) is 0 Å². The van der Waals surface area contributed by atoms with Gasteiger partial charge in [0.15, 0.2) is 0 Å². The summed E-state index contributed by atoms with van der Waals surface area (Å²) in [4.78, 5) is 20.5. The van der Waals surface area contributed by atoms with Gasteiger partial charge in [-0.25, -0.2) is 4.39 Å². The second kappa shape index (κ2) is 45.7. The van der Waals surface area contributed by atoms with Crippen molar-refractivity contribution in [2.24, 2.45) is 0 Å². The van der Waals surface area contributed by atoms with Crippen LogP contribution in [0.2, 0.25) is 0 Å². The van der Waals surface area contributed by atoms with E-state index in [-0.39, 0.29) is 30.0 Å². The number of para-hydroxylation sites is 2. The molecule has 0 spiro atoms. The van der Waals surface area contributed by atoms with Crippen molar-refractivity contribution in [2.45, 2.75) is 117 Å². The average Bonchev–Trinajstić information content (AvgIpc) is 0.704. The first-order valence-electron chi connectivity index (χ1n) is 49.6. The average molecular weight is 1840 g/mol. The number of pyridine rings is 4. The molecular formula is C132H119FN8. The number of hydrogen-bond donors (Lipinski definition) is 4. The molecular weight excluding hydrogens is 1720 g/mol. The number of fused-ring (bicyclic) bond motifs is 6. The lowest BCUT2D eigenvalue weighted by atomic mass is 9.91. The maximum Gasteiger partial charge on any atom is 0.123 e. The molecule has 694 valence electrons. The first-order chi connectivity index (χ1) is 69.3. The third-order valence-electron chi connectivity index (χ3n) is 26.7. The Bertz CT molecular complexity index is 7690. The van der Waals surface area contributed by atoms with E-state index in [1.807, 2.05) is 48.5 Å². The monoisotopic (exact) mass is 1830 g/mol. The number of nitrogens with zero attached hydrogens (tertiary/aromatic N) is 4. The predicted molar refractivity (Wildman–Crippen MR) is 593 cm³/mol. The molecule has 8 nitrogen and oxygen atoms in total. The molecule has 17 aromatic carbocycles. The third kappa shape index (κ3) is 22.5. The zero-order valence-corrected chi connectivity index (χ0v) is 81.4. The minimum atomic E-state index is -0.250. The van der Waals surface area contributed by atoms with Crippen LogP contribution in [0.3, 0.4) is 0 Å². The second-order valence-corrected chi connectivity index (χ2v) is 36.4. The number of nitrogens with one attached hydrogen (secondary N) is 4. The van der Waals surface area contributed by atoms with Crippen LogP contribution in [0.15, 0.2) is 467 Å². The molecule has 4 atom stereocenters. The van der Waals surface area contributed by atoms with Crippen LogP contribution in [-0.4, -0.2) is 19.9 Å². The minimum absolute atomic E-state index is 0.0234. The fraction of sp³-hybridized carbons (Fsp3) is 0.136.